The van der Waals surface area contributed by atoms with Crippen LogP contribution in [0.2, 0.25) is 0 Å². The van der Waals surface area contributed by atoms with Crippen molar-refractivity contribution >= 4 is 28.9 Å². The molecule has 3 N–H and O–H groups in total. The molecule has 0 spiro atoms. The molecule has 7 nitrogen and oxygen atoms in total. The molecule has 0 unspecified atom stereocenters. The van der Waals surface area contributed by atoms with E-state index < -0.39 is 0 Å². The van der Waals surface area contributed by atoms with E-state index in [9.17, 15) is 14.0 Å². The number of ether oxygens (including phenoxy) is 1. The highest BCUT2D eigenvalue weighted by atomic mass is 19.1. The van der Waals surface area contributed by atoms with Crippen LogP contribution in [-0.2, 0) is 9.59 Å². The third-order valence-electron chi connectivity index (χ3n) is 4.87. The van der Waals surface area contributed by atoms with Crippen molar-refractivity contribution in [1.82, 2.24) is 0 Å². The minimum atomic E-state index is -0.222. The molecule has 2 amide bonds. The van der Waals surface area contributed by atoms with Crippen molar-refractivity contribution < 1.29 is 23.6 Å². The maximum Gasteiger partial charge on any atom is 0.279 e. The molecule has 1 heterocycles. The van der Waals surface area contributed by atoms with Gasteiger partial charge in [-0.3, -0.25) is 9.59 Å². The maximum absolute atomic E-state index is 14.0. The van der Waals surface area contributed by atoms with Crippen molar-refractivity contribution in [3.63, 3.8) is 0 Å². The third kappa shape index (κ3) is 5.45. The molecule has 1 aliphatic rings. The molecule has 0 saturated carbocycles. The molecule has 2 aromatic rings. The smallest absolute Gasteiger partial charge is 0.279 e. The molecule has 0 aromatic heterocycles. The molecular weight excluding hydrogens is 375 g/mol. The molecule has 0 aliphatic carbocycles. The second kappa shape index (κ2) is 9.38. The van der Waals surface area contributed by atoms with Crippen molar-refractivity contribution in [2.75, 3.05) is 55.4 Å². The highest BCUT2D eigenvalue weighted by molar-refractivity contribution is 5.95. The number of carbonyl (C=O) groups is 2. The summed E-state index contributed by atoms with van der Waals surface area (Å²) in [6.07, 6.45) is 0. The standard InChI is InChI=1S/C21H25FN4O3/c1-15(27)23-16-7-8-20(29-2)18(13-16)24-21(28)14-25-9-11-26(12-10-25)19-6-4-3-5-17(19)22/h3-8,13H,9-12,14H2,1-2H3,(H,23,27)(H,24,28)/p+1. The molecule has 2 aromatic carbocycles. The quantitative estimate of drug-likeness (QED) is 0.679. The van der Waals surface area contributed by atoms with Gasteiger partial charge in [0.15, 0.2) is 6.54 Å². The second-order valence-corrected chi connectivity index (χ2v) is 7.01. The van der Waals surface area contributed by atoms with Gasteiger partial charge < -0.3 is 25.2 Å². The van der Waals surface area contributed by atoms with Crippen LogP contribution in [0.3, 0.4) is 0 Å². The topological polar surface area (TPSA) is 75.1 Å². The van der Waals surface area contributed by atoms with E-state index in [1.54, 1.807) is 30.3 Å². The number of hydrogen-bond donors (Lipinski definition) is 3. The molecule has 154 valence electrons. The zero-order valence-electron chi connectivity index (χ0n) is 16.6. The summed E-state index contributed by atoms with van der Waals surface area (Å²) >= 11 is 0. The Balaban J connectivity index is 1.56. The minimum absolute atomic E-state index is 0.141. The Labute approximate surface area is 169 Å². The van der Waals surface area contributed by atoms with Crippen LogP contribution in [0.25, 0.3) is 0 Å². The SMILES string of the molecule is COc1ccc(NC(C)=O)cc1NC(=O)C[NH+]1CCN(c2ccccc2F)CC1. The van der Waals surface area contributed by atoms with Crippen molar-refractivity contribution in [1.29, 1.82) is 0 Å². The number of hydrogen-bond acceptors (Lipinski definition) is 4. The largest absolute Gasteiger partial charge is 0.495 e. The molecule has 0 radical (unpaired) electrons. The van der Waals surface area contributed by atoms with Gasteiger partial charge in [0.25, 0.3) is 5.91 Å². The summed E-state index contributed by atoms with van der Waals surface area (Å²) < 4.78 is 19.3. The number of benzene rings is 2. The lowest BCUT2D eigenvalue weighted by Gasteiger charge is -2.33. The molecule has 0 atom stereocenters. The lowest BCUT2D eigenvalue weighted by atomic mass is 10.2. The first-order chi connectivity index (χ1) is 14.0. The van der Waals surface area contributed by atoms with Crippen LogP contribution in [0.15, 0.2) is 42.5 Å². The van der Waals surface area contributed by atoms with Crippen molar-refractivity contribution in [2.24, 2.45) is 0 Å². The highest BCUT2D eigenvalue weighted by Gasteiger charge is 2.24. The molecule has 29 heavy (non-hydrogen) atoms. The van der Waals surface area contributed by atoms with Crippen LogP contribution in [0.5, 0.6) is 5.75 Å². The van der Waals surface area contributed by atoms with Crippen LogP contribution in [0.1, 0.15) is 6.92 Å². The first kappa shape index (κ1) is 20.6. The average Bonchev–Trinajstić information content (AvgIpc) is 2.69. The highest BCUT2D eigenvalue weighted by Crippen LogP contribution is 2.27. The van der Waals surface area contributed by atoms with Gasteiger partial charge in [-0.1, -0.05) is 12.1 Å². The Bertz CT molecular complexity index is 882. The lowest BCUT2D eigenvalue weighted by Crippen LogP contribution is -3.15. The Morgan fingerprint density at radius 1 is 1.14 bits per heavy atom. The van der Waals surface area contributed by atoms with Crippen molar-refractivity contribution in [3.8, 4) is 5.75 Å². The Morgan fingerprint density at radius 2 is 1.86 bits per heavy atom. The Hall–Kier alpha value is -3.13. The summed E-state index contributed by atoms with van der Waals surface area (Å²) in [5, 5.41) is 5.55. The Morgan fingerprint density at radius 3 is 2.52 bits per heavy atom. The fourth-order valence-electron chi connectivity index (χ4n) is 3.46. The number of nitrogens with one attached hydrogen (secondary N) is 3. The first-order valence-corrected chi connectivity index (χ1v) is 9.55. The summed E-state index contributed by atoms with van der Waals surface area (Å²) in [4.78, 5) is 26.9. The average molecular weight is 401 g/mol. The fraction of sp³-hybridized carbons (Fsp3) is 0.333. The molecule has 1 saturated heterocycles. The normalized spacial score (nSPS) is 14.4. The van der Waals surface area contributed by atoms with E-state index in [0.717, 1.165) is 18.0 Å². The summed E-state index contributed by atoms with van der Waals surface area (Å²) in [7, 11) is 1.52. The zero-order chi connectivity index (χ0) is 20.8. The third-order valence-corrected chi connectivity index (χ3v) is 4.87. The lowest BCUT2D eigenvalue weighted by molar-refractivity contribution is -0.892. The molecule has 1 aliphatic heterocycles. The number of amides is 2. The molecule has 3 rings (SSSR count). The number of nitrogens with zero attached hydrogens (tertiary/aromatic N) is 1. The van der Waals surface area contributed by atoms with Gasteiger partial charge in [0.2, 0.25) is 5.91 Å². The summed E-state index contributed by atoms with van der Waals surface area (Å²) in [5.41, 5.74) is 1.70. The predicted molar refractivity (Wildman–Crippen MR) is 110 cm³/mol. The van der Waals surface area contributed by atoms with Gasteiger partial charge in [0.1, 0.15) is 11.6 Å². The Kier molecular flexibility index (Phi) is 6.66. The van der Waals surface area contributed by atoms with Gasteiger partial charge in [-0.05, 0) is 30.3 Å². The molecule has 0 bridgehead atoms. The molecular formula is C21H26FN4O3+. The number of methoxy groups -OCH3 is 1. The number of anilines is 3. The van der Waals surface area contributed by atoms with Crippen LogP contribution in [0.4, 0.5) is 21.5 Å². The number of quaternary nitrogens is 1. The number of rotatable bonds is 6. The molecule has 8 heteroatoms. The van der Waals surface area contributed by atoms with E-state index in [2.05, 4.69) is 10.6 Å². The zero-order valence-corrected chi connectivity index (χ0v) is 16.6. The van der Waals surface area contributed by atoms with Gasteiger partial charge >= 0.3 is 0 Å². The van der Waals surface area contributed by atoms with Gasteiger partial charge in [-0.15, -0.1) is 0 Å². The predicted octanol–water partition coefficient (Wildman–Crippen LogP) is 1.14. The molecule has 1 fully saturated rings. The van der Waals surface area contributed by atoms with Gasteiger partial charge in [-0.2, -0.15) is 0 Å². The maximum atomic E-state index is 14.0. The van der Waals surface area contributed by atoms with E-state index in [1.807, 2.05) is 11.0 Å². The first-order valence-electron chi connectivity index (χ1n) is 9.55. The van der Waals surface area contributed by atoms with E-state index in [4.69, 9.17) is 4.74 Å². The van der Waals surface area contributed by atoms with Crippen molar-refractivity contribution in [2.45, 2.75) is 6.92 Å². The van der Waals surface area contributed by atoms with Gasteiger partial charge in [0, 0.05) is 12.6 Å². The van der Waals surface area contributed by atoms with Crippen LogP contribution in [-0.4, -0.2) is 51.6 Å². The van der Waals surface area contributed by atoms with E-state index in [1.165, 1.54) is 20.1 Å². The summed E-state index contributed by atoms with van der Waals surface area (Å²) in [5.74, 6) is -0.0334. The monoisotopic (exact) mass is 401 g/mol. The van der Waals surface area contributed by atoms with Crippen molar-refractivity contribution in [3.05, 3.63) is 48.3 Å². The van der Waals surface area contributed by atoms with Crippen LogP contribution < -0.4 is 25.2 Å². The minimum Gasteiger partial charge on any atom is -0.495 e. The van der Waals surface area contributed by atoms with Gasteiger partial charge in [-0.25, -0.2) is 4.39 Å². The van der Waals surface area contributed by atoms with E-state index in [0.29, 0.717) is 42.4 Å². The van der Waals surface area contributed by atoms with E-state index >= 15 is 0 Å². The summed E-state index contributed by atoms with van der Waals surface area (Å²) in [6.45, 7) is 4.58. The fourth-order valence-corrected chi connectivity index (χ4v) is 3.46. The van der Waals surface area contributed by atoms with Crippen LogP contribution >= 0.6 is 0 Å². The number of halogens is 1. The number of carbonyl (C=O) groups excluding carboxylic acids is 2. The van der Waals surface area contributed by atoms with Gasteiger partial charge in [0.05, 0.1) is 44.7 Å². The van der Waals surface area contributed by atoms with E-state index in [-0.39, 0.29) is 17.6 Å². The van der Waals surface area contributed by atoms with Crippen LogP contribution in [0, 0.1) is 5.82 Å². The number of piperazine rings is 1. The second-order valence-electron chi connectivity index (χ2n) is 7.01. The summed E-state index contributed by atoms with van der Waals surface area (Å²) in [6, 6.07) is 11.8. The number of para-hydroxylation sites is 1.